The van der Waals surface area contributed by atoms with E-state index >= 15 is 0 Å². The molecule has 0 radical (unpaired) electrons. The first-order valence-corrected chi connectivity index (χ1v) is 13.4. The van der Waals surface area contributed by atoms with Crippen molar-refractivity contribution in [3.63, 3.8) is 0 Å². The van der Waals surface area contributed by atoms with Crippen LogP contribution in [0.25, 0.3) is 5.73 Å². The molecule has 0 saturated carbocycles. The molecule has 4 rings (SSSR count). The van der Waals surface area contributed by atoms with Crippen molar-refractivity contribution in [2.24, 2.45) is 9.98 Å². The summed E-state index contributed by atoms with van der Waals surface area (Å²) in [4.78, 5) is 10.1. The third kappa shape index (κ3) is 8.14. The number of phenols is 1. The van der Waals surface area contributed by atoms with Crippen LogP contribution in [0.5, 0.6) is 5.75 Å². The van der Waals surface area contributed by atoms with E-state index in [1.54, 1.807) is 30.6 Å². The summed E-state index contributed by atoms with van der Waals surface area (Å²) in [5, 5.41) is 10.4. The summed E-state index contributed by atoms with van der Waals surface area (Å²) >= 11 is 0. The molecule has 0 amide bonds. The van der Waals surface area contributed by atoms with Gasteiger partial charge in [-0.2, -0.15) is 0 Å². The predicted molar refractivity (Wildman–Crippen MR) is 171 cm³/mol. The Bertz CT molecular complexity index is 1370. The van der Waals surface area contributed by atoms with Crippen molar-refractivity contribution in [2.45, 2.75) is 12.1 Å². The standard InChI is InChI=1S/C34H39N5O.Ni/c1-38(2,3)29-19-15-25(16-20-29)33(36-23-27-11-7-9-13-31(27)35)34(37-24-28-12-8-10-14-32(28)40)26-17-21-30(22-18-26)39(4,5)6;/h7-24,33-34H,1-6H3,(H-2,35,36,37,40);/p+1. The first-order valence-electron chi connectivity index (χ1n) is 13.4. The van der Waals surface area contributed by atoms with E-state index in [1.165, 1.54) is 11.4 Å². The molecule has 0 heterocycles. The van der Waals surface area contributed by atoms with Crippen LogP contribution in [0.1, 0.15) is 34.3 Å². The molecule has 216 valence electrons. The van der Waals surface area contributed by atoms with Gasteiger partial charge in [-0.05, 0) is 53.1 Å². The van der Waals surface area contributed by atoms with E-state index in [1.807, 2.05) is 30.3 Å². The normalized spacial score (nSPS) is 13.7. The number of nitrogens with one attached hydrogen (secondary N) is 1. The van der Waals surface area contributed by atoms with Crippen molar-refractivity contribution < 1.29 is 21.6 Å². The first kappa shape index (κ1) is 31.8. The summed E-state index contributed by atoms with van der Waals surface area (Å²) in [6, 6.07) is 30.9. The zero-order chi connectivity index (χ0) is 28.9. The van der Waals surface area contributed by atoms with Gasteiger partial charge >= 0.3 is 0 Å². The zero-order valence-electron chi connectivity index (χ0n) is 24.6. The van der Waals surface area contributed by atoms with Crippen molar-refractivity contribution in [2.75, 3.05) is 42.3 Å². The Kier molecular flexibility index (Phi) is 10.3. The molecule has 0 aromatic heterocycles. The number of para-hydroxylation sites is 1. The van der Waals surface area contributed by atoms with Crippen LogP contribution in [-0.2, 0) is 16.5 Å². The molecule has 6 nitrogen and oxygen atoms in total. The quantitative estimate of drug-likeness (QED) is 0.122. The second-order valence-corrected chi connectivity index (χ2v) is 11.8. The number of quaternary nitrogens is 2. The molecule has 2 atom stereocenters. The molecular formula is C34H40N5NiO+. The summed E-state index contributed by atoms with van der Waals surface area (Å²) in [5.41, 5.74) is 14.6. The SMILES string of the molecule is C[N+](C)(C)c1ccc(C(N=Cc2ccccc2[NH-])C(N=Cc2ccccc2O)c2ccc([N+](C)(C)C)cc2)cc1.[Ni]. The maximum atomic E-state index is 10.4. The second-order valence-electron chi connectivity index (χ2n) is 11.8. The molecule has 0 spiro atoms. The van der Waals surface area contributed by atoms with Crippen molar-refractivity contribution in [1.29, 1.82) is 0 Å². The number of nitrogens with zero attached hydrogens (tertiary/aromatic N) is 4. The molecule has 7 heteroatoms. The maximum Gasteiger partial charge on any atom is 0.132 e. The van der Waals surface area contributed by atoms with E-state index < -0.39 is 0 Å². The van der Waals surface area contributed by atoms with Gasteiger partial charge in [0.15, 0.2) is 0 Å². The van der Waals surface area contributed by atoms with Crippen LogP contribution in [0.2, 0.25) is 0 Å². The number of rotatable bonds is 9. The Morgan fingerprint density at radius 2 is 0.976 bits per heavy atom. The predicted octanol–water partition coefficient (Wildman–Crippen LogP) is 7.49. The topological polar surface area (TPSA) is 68.8 Å². The van der Waals surface area contributed by atoms with Gasteiger partial charge in [0.2, 0.25) is 0 Å². The number of hydrogen-bond donors (Lipinski definition) is 1. The van der Waals surface area contributed by atoms with Gasteiger partial charge in [0.1, 0.15) is 29.2 Å². The minimum absolute atomic E-state index is 0. The van der Waals surface area contributed by atoms with E-state index in [-0.39, 0.29) is 34.3 Å². The van der Waals surface area contributed by atoms with Gasteiger partial charge in [-0.15, -0.1) is 5.69 Å². The van der Waals surface area contributed by atoms with Crippen LogP contribution in [0.4, 0.5) is 17.1 Å². The fourth-order valence-corrected chi connectivity index (χ4v) is 4.46. The smallest absolute Gasteiger partial charge is 0.132 e. The number of aromatic hydroxyl groups is 1. The second kappa shape index (κ2) is 13.3. The molecule has 0 aliphatic rings. The van der Waals surface area contributed by atoms with Gasteiger partial charge in [0, 0.05) is 34.5 Å². The fourth-order valence-electron chi connectivity index (χ4n) is 4.46. The molecule has 41 heavy (non-hydrogen) atoms. The Balaban J connectivity index is 0.00000462. The zero-order valence-corrected chi connectivity index (χ0v) is 25.6. The summed E-state index contributed by atoms with van der Waals surface area (Å²) in [6.07, 6.45) is 3.51. The van der Waals surface area contributed by atoms with Gasteiger partial charge in [0.05, 0.1) is 42.3 Å². The molecule has 0 aliphatic heterocycles. The summed E-state index contributed by atoms with van der Waals surface area (Å²) in [7, 11) is 12.9. The van der Waals surface area contributed by atoms with Crippen molar-refractivity contribution in [3.8, 4) is 5.75 Å². The first-order chi connectivity index (χ1) is 18.9. The molecule has 0 bridgehead atoms. The maximum absolute atomic E-state index is 10.4. The molecule has 2 N–H and O–H groups in total. The molecule has 0 fully saturated rings. The van der Waals surface area contributed by atoms with E-state index in [0.717, 1.165) is 16.7 Å². The number of benzene rings is 4. The van der Waals surface area contributed by atoms with Crippen LogP contribution >= 0.6 is 0 Å². The number of hydrogen-bond acceptors (Lipinski definition) is 3. The van der Waals surface area contributed by atoms with E-state index in [9.17, 15) is 5.11 Å². The Hall–Kier alpha value is -3.77. The van der Waals surface area contributed by atoms with Crippen LogP contribution < -0.4 is 8.97 Å². The Labute approximate surface area is 254 Å². The van der Waals surface area contributed by atoms with Crippen LogP contribution in [-0.4, -0.2) is 59.8 Å². The van der Waals surface area contributed by atoms with Gasteiger partial charge in [-0.25, -0.2) is 0 Å². The molecule has 0 aliphatic carbocycles. The van der Waals surface area contributed by atoms with Gasteiger partial charge < -0.3 is 10.8 Å². The average molecular weight is 593 g/mol. The van der Waals surface area contributed by atoms with Gasteiger partial charge in [-0.1, -0.05) is 60.7 Å². The van der Waals surface area contributed by atoms with Crippen LogP contribution in [0.15, 0.2) is 107 Å². The third-order valence-corrected chi connectivity index (χ3v) is 6.96. The minimum Gasteiger partial charge on any atom is -0.698 e. The van der Waals surface area contributed by atoms with Crippen LogP contribution in [0, 0.1) is 0 Å². The van der Waals surface area contributed by atoms with Crippen LogP contribution in [0.3, 0.4) is 0 Å². The Morgan fingerprint density at radius 1 is 0.585 bits per heavy atom. The number of aliphatic imine (C=N–C) groups is 2. The summed E-state index contributed by atoms with van der Waals surface area (Å²) < 4.78 is 1.42. The molecule has 2 unspecified atom stereocenters. The van der Waals surface area contributed by atoms with Gasteiger partial charge in [-0.3, -0.25) is 19.0 Å². The molecule has 0 saturated heterocycles. The van der Waals surface area contributed by atoms with Gasteiger partial charge in [0.25, 0.3) is 0 Å². The fraction of sp³-hybridized carbons (Fsp3) is 0.235. The number of phenolic OH excluding ortho intramolecular Hbond substituents is 1. The van der Waals surface area contributed by atoms with E-state index in [0.29, 0.717) is 20.2 Å². The monoisotopic (exact) mass is 592 g/mol. The van der Waals surface area contributed by atoms with Crippen molar-refractivity contribution in [3.05, 3.63) is 125 Å². The molecule has 4 aromatic rings. The Morgan fingerprint density at radius 3 is 1.39 bits per heavy atom. The minimum atomic E-state index is -0.370. The van der Waals surface area contributed by atoms with Crippen molar-refractivity contribution >= 4 is 29.5 Å². The molecule has 4 aromatic carbocycles. The summed E-state index contributed by atoms with van der Waals surface area (Å²) in [5.74, 6) is 0.181. The average Bonchev–Trinajstić information content (AvgIpc) is 2.91. The van der Waals surface area contributed by atoms with E-state index in [2.05, 4.69) is 90.8 Å². The molecular weight excluding hydrogens is 553 g/mol. The third-order valence-electron chi connectivity index (χ3n) is 6.96. The largest absolute Gasteiger partial charge is 0.698 e. The van der Waals surface area contributed by atoms with Crippen molar-refractivity contribution in [1.82, 2.24) is 8.97 Å². The summed E-state index contributed by atoms with van der Waals surface area (Å²) in [6.45, 7) is 0. The van der Waals surface area contributed by atoms with E-state index in [4.69, 9.17) is 15.7 Å².